The number of esters is 4. The molecule has 2 saturated carbocycles. The number of rotatable bonds is 20. The molecule has 12 atom stereocenters. The average Bonchev–Trinajstić information content (AvgIpc) is 1.84. The number of carbonyl (C=O) groups excluding carboxylic acids is 7. The zero-order valence-corrected chi connectivity index (χ0v) is 58.2. The van der Waals surface area contributed by atoms with Gasteiger partial charge in [0.2, 0.25) is 0 Å². The van der Waals surface area contributed by atoms with Gasteiger partial charge in [0.15, 0.2) is 0 Å². The SMILES string of the molecule is CCCCCCC1CCC2C(C(=O)OC)=COCC12.COC(=O)C1=COCC2C(CO)=CCC12.COC(=O)C1=COCC2C(COC(=O)N(C)C)=CCC12.COC(=O)C1=COCC2C(COC(=O)NCCCl)CCC12.O=C(C1=COCC2C(CO)=CCC12)N1CCN(CCO)CC1. The number of piperazine rings is 1. The van der Waals surface area contributed by atoms with Crippen LogP contribution in [0.1, 0.15) is 84.0 Å². The predicted molar refractivity (Wildman–Crippen MR) is 355 cm³/mol. The first-order valence-electron chi connectivity index (χ1n) is 34.1. The van der Waals surface area contributed by atoms with E-state index in [1.54, 1.807) is 26.6 Å². The number of aliphatic hydroxyl groups excluding tert-OH is 3. The Labute approximate surface area is 575 Å². The number of amides is 3. The van der Waals surface area contributed by atoms with Crippen LogP contribution in [0.5, 0.6) is 0 Å². The number of fused-ring (bicyclic) bond motifs is 5. The molecule has 0 spiro atoms. The van der Waals surface area contributed by atoms with Gasteiger partial charge in [-0.2, -0.15) is 0 Å². The van der Waals surface area contributed by atoms with Crippen LogP contribution in [0.2, 0.25) is 0 Å². The second kappa shape index (κ2) is 39.5. The highest BCUT2D eigenvalue weighted by molar-refractivity contribution is 6.18. The van der Waals surface area contributed by atoms with Gasteiger partial charge in [-0.05, 0) is 73.5 Å². The third-order valence-corrected chi connectivity index (χ3v) is 20.7. The monoisotopic (exact) mass is 1380 g/mol. The number of alkyl halides is 1. The summed E-state index contributed by atoms with van der Waals surface area (Å²) in [4.78, 5) is 87.7. The maximum Gasteiger partial charge on any atom is 0.409 e. The summed E-state index contributed by atoms with van der Waals surface area (Å²) >= 11 is 5.49. The van der Waals surface area contributed by atoms with Crippen LogP contribution in [-0.2, 0) is 76.1 Å². The van der Waals surface area contributed by atoms with Crippen LogP contribution >= 0.6 is 11.6 Å². The zero-order valence-electron chi connectivity index (χ0n) is 57.5. The van der Waals surface area contributed by atoms with Gasteiger partial charge in [-0.15, -0.1) is 11.6 Å². The van der Waals surface area contributed by atoms with Gasteiger partial charge in [0.1, 0.15) is 6.61 Å². The largest absolute Gasteiger partial charge is 0.500 e. The third-order valence-electron chi connectivity index (χ3n) is 20.5. The summed E-state index contributed by atoms with van der Waals surface area (Å²) in [5.74, 6) is 1.99. The number of hydrogen-bond acceptors (Lipinski definition) is 22. The molecule has 4 N–H and O–H groups in total. The number of nitrogens with one attached hydrogen (secondary N) is 1. The van der Waals surface area contributed by atoms with Crippen LogP contribution in [0.15, 0.2) is 94.1 Å². The Balaban J connectivity index is 0.000000172. The van der Waals surface area contributed by atoms with Crippen LogP contribution in [0.4, 0.5) is 9.59 Å². The topological polar surface area (TPSA) is 303 Å². The minimum Gasteiger partial charge on any atom is -0.500 e. The Kier molecular flexibility index (Phi) is 31.5. The van der Waals surface area contributed by atoms with E-state index in [4.69, 9.17) is 73.9 Å². The molecule has 0 aromatic rings. The van der Waals surface area contributed by atoms with E-state index < -0.39 is 6.09 Å². The number of methoxy groups -OCH3 is 4. The average molecular weight is 1380 g/mol. The first-order valence-corrected chi connectivity index (χ1v) is 34.7. The van der Waals surface area contributed by atoms with E-state index in [0.29, 0.717) is 93.6 Å². The Morgan fingerprint density at radius 1 is 0.546 bits per heavy atom. The number of hydrogen-bond donors (Lipinski definition) is 4. The first-order chi connectivity index (χ1) is 47.0. The summed E-state index contributed by atoms with van der Waals surface area (Å²) in [6.07, 6.45) is 26.0. The van der Waals surface area contributed by atoms with Gasteiger partial charge >= 0.3 is 36.1 Å². The lowest BCUT2D eigenvalue weighted by Crippen LogP contribution is -2.50. The van der Waals surface area contributed by atoms with E-state index >= 15 is 0 Å². The van der Waals surface area contributed by atoms with Crippen molar-refractivity contribution in [2.45, 2.75) is 84.0 Å². The molecule has 1 saturated heterocycles. The molecule has 0 aromatic heterocycles. The van der Waals surface area contributed by atoms with E-state index in [9.17, 15) is 38.7 Å². The summed E-state index contributed by atoms with van der Waals surface area (Å²) in [5, 5.41) is 30.1. The maximum absolute atomic E-state index is 12.8. The number of unbranched alkanes of at least 4 members (excludes halogenated alkanes) is 3. The van der Waals surface area contributed by atoms with Gasteiger partial charge in [-0.3, -0.25) is 9.69 Å². The molecule has 3 fully saturated rings. The number of allylic oxidation sites excluding steroid dienone is 3. The summed E-state index contributed by atoms with van der Waals surface area (Å²) in [7, 11) is 8.80. The van der Waals surface area contributed by atoms with E-state index in [2.05, 4.69) is 17.1 Å². The second-order valence-electron chi connectivity index (χ2n) is 26.1. The number of ether oxygens (including phenoxy) is 11. The van der Waals surface area contributed by atoms with Crippen molar-refractivity contribution in [2.24, 2.45) is 71.0 Å². The molecule has 0 radical (unpaired) electrons. The molecule has 540 valence electrons. The maximum atomic E-state index is 12.8. The fourth-order valence-corrected chi connectivity index (χ4v) is 15.2. The predicted octanol–water partition coefficient (Wildman–Crippen LogP) is 6.92. The van der Waals surface area contributed by atoms with E-state index in [1.165, 1.54) is 90.7 Å². The molecule has 12 unspecified atom stereocenters. The minimum absolute atomic E-state index is 0.0407. The van der Waals surface area contributed by atoms with Crippen LogP contribution in [-0.4, -0.2) is 226 Å². The summed E-state index contributed by atoms with van der Waals surface area (Å²) in [6.45, 7) is 10.00. The number of aliphatic hydroxyl groups is 3. The van der Waals surface area contributed by atoms with Crippen molar-refractivity contribution < 1.29 is 101 Å². The van der Waals surface area contributed by atoms with Crippen molar-refractivity contribution >= 4 is 53.6 Å². The number of alkyl carbamates (subject to hydrolysis) is 1. The molecule has 11 rings (SSSR count). The van der Waals surface area contributed by atoms with Crippen LogP contribution < -0.4 is 5.32 Å². The molecule has 26 heteroatoms. The van der Waals surface area contributed by atoms with Crippen molar-refractivity contribution in [1.29, 1.82) is 0 Å². The fourth-order valence-electron chi connectivity index (χ4n) is 15.1. The Bertz CT molecular complexity index is 2930. The van der Waals surface area contributed by atoms with Gasteiger partial charge in [0, 0.05) is 118 Å². The molecular weight excluding hydrogens is 1280 g/mol. The van der Waals surface area contributed by atoms with Gasteiger partial charge in [0.25, 0.3) is 5.91 Å². The zero-order chi connectivity index (χ0) is 70.0. The normalized spacial score (nSPS) is 27.5. The molecule has 3 amide bonds. The standard InChI is InChI=1S/C16H24N2O4.C16H26O3.C14H20ClNO5.C14H19NO5.C11H14O4/c19-8-7-17-3-5-18(6-4-17)16(21)15-11-22-10-14-12(9-20)1-2-13(14)15;1-3-4-5-6-7-12-8-9-13-14(12)10-19-11-15(13)16(17)18-2;1-19-13(17)12-8-20-7-11-9(2-3-10(11)12)6-21-14(18)16-5-4-15;1-15(2)14(17)20-6-9-4-5-10-11(9)7-19-8-12(10)13(16)18-3;1-14-11(13)10-6-15-5-9-7(4-12)2-3-8(9)10/h1,11,13-14,19-20H,2-10H2;11-14H,3-10H2,1-2H3;8-11H,2-7H2,1H3,(H,16,18);4,8,10-11H,5-7H2,1-3H3;2,6,8-9,12H,3-5H2,1H3. The van der Waals surface area contributed by atoms with Crippen molar-refractivity contribution in [3.05, 3.63) is 94.1 Å². The van der Waals surface area contributed by atoms with Crippen molar-refractivity contribution in [3.8, 4) is 0 Å². The molecular formula is C71H103ClN4O21. The highest BCUT2D eigenvalue weighted by atomic mass is 35.5. The number of β-amino-alcohol motifs (C(OH)–C–C–N with tert-alkyl or cyclic N) is 1. The first kappa shape index (κ1) is 77.3. The van der Waals surface area contributed by atoms with Crippen molar-refractivity contribution in [3.63, 3.8) is 0 Å². The highest BCUT2D eigenvalue weighted by Gasteiger charge is 2.46. The quantitative estimate of drug-likeness (QED) is 0.0316. The fraction of sp³-hybridized carbons (Fsp3) is 0.676. The summed E-state index contributed by atoms with van der Waals surface area (Å²) in [6, 6.07) is 0. The van der Waals surface area contributed by atoms with E-state index in [1.807, 2.05) is 23.1 Å². The molecule has 97 heavy (non-hydrogen) atoms. The van der Waals surface area contributed by atoms with Gasteiger partial charge in [-0.25, -0.2) is 28.8 Å². The number of nitrogens with zero attached hydrogens (tertiary/aromatic N) is 3. The minimum atomic E-state index is -0.459. The molecule has 25 nitrogen and oxygen atoms in total. The lowest BCUT2D eigenvalue weighted by atomic mass is 9.82. The molecule has 6 aliphatic heterocycles. The van der Waals surface area contributed by atoms with Gasteiger partial charge < -0.3 is 82.5 Å². The van der Waals surface area contributed by atoms with Crippen molar-refractivity contribution in [1.82, 2.24) is 20.0 Å². The Hall–Kier alpha value is -7.06. The smallest absolute Gasteiger partial charge is 0.409 e. The van der Waals surface area contributed by atoms with E-state index in [-0.39, 0.29) is 116 Å². The van der Waals surface area contributed by atoms with Gasteiger partial charge in [-0.1, -0.05) is 57.3 Å². The molecule has 11 aliphatic rings. The number of carbonyl (C=O) groups is 7. The van der Waals surface area contributed by atoms with Crippen LogP contribution in [0.25, 0.3) is 0 Å². The Morgan fingerprint density at radius 3 is 1.45 bits per heavy atom. The van der Waals surface area contributed by atoms with Crippen LogP contribution in [0, 0.1) is 71.0 Å². The number of halogens is 1. The van der Waals surface area contributed by atoms with Crippen molar-refractivity contribution in [2.75, 3.05) is 154 Å². The van der Waals surface area contributed by atoms with Crippen LogP contribution in [0.3, 0.4) is 0 Å². The molecule has 0 aromatic carbocycles. The molecule has 6 heterocycles. The summed E-state index contributed by atoms with van der Waals surface area (Å²) in [5.41, 5.74) is 6.18. The highest BCUT2D eigenvalue weighted by Crippen LogP contribution is 2.48. The second-order valence-corrected chi connectivity index (χ2v) is 26.5. The van der Waals surface area contributed by atoms with Gasteiger partial charge in [0.05, 0.1) is 147 Å². The Morgan fingerprint density at radius 2 is 0.990 bits per heavy atom. The third kappa shape index (κ3) is 20.5. The van der Waals surface area contributed by atoms with E-state index in [0.717, 1.165) is 92.0 Å². The molecule has 0 bridgehead atoms. The summed E-state index contributed by atoms with van der Waals surface area (Å²) < 4.78 is 56.5. The lowest BCUT2D eigenvalue weighted by molar-refractivity contribution is -0.138. The lowest BCUT2D eigenvalue weighted by Gasteiger charge is -2.37. The molecule has 5 aliphatic carbocycles.